The fraction of sp³-hybridized carbons (Fsp3) is 0.571. The van der Waals surface area contributed by atoms with Crippen molar-refractivity contribution in [3.05, 3.63) is 40.7 Å². The number of hydrogen-bond donors (Lipinski definition) is 1. The molecule has 3 rings (SSSR count). The molecule has 31 heavy (non-hydrogen) atoms. The second-order valence-electron chi connectivity index (χ2n) is 8.66. The summed E-state index contributed by atoms with van der Waals surface area (Å²) in [5.41, 5.74) is -1.40. The van der Waals surface area contributed by atoms with Crippen LogP contribution in [0.5, 0.6) is 0 Å². The number of benzene rings is 1. The Kier molecular flexibility index (Phi) is 6.21. The molecule has 0 amide bonds. The van der Waals surface area contributed by atoms with Gasteiger partial charge in [0.15, 0.2) is 5.79 Å². The molecule has 1 saturated heterocycles. The van der Waals surface area contributed by atoms with Crippen molar-refractivity contribution in [1.82, 2.24) is 0 Å². The van der Waals surface area contributed by atoms with Gasteiger partial charge < -0.3 is 14.2 Å². The topological polar surface area (TPSA) is 90.9 Å². The molecule has 2 aliphatic rings. The smallest absolute Gasteiger partial charge is 0.335 e. The van der Waals surface area contributed by atoms with Crippen molar-refractivity contribution in [2.45, 2.75) is 69.7 Å². The molecule has 1 aromatic carbocycles. The van der Waals surface area contributed by atoms with Crippen molar-refractivity contribution < 1.29 is 31.8 Å². The zero-order valence-corrected chi connectivity index (χ0v) is 19.7. The normalized spacial score (nSPS) is 24.0. The van der Waals surface area contributed by atoms with E-state index in [1.165, 1.54) is 12.1 Å². The third-order valence-corrected chi connectivity index (χ3v) is 7.91. The zero-order valence-electron chi connectivity index (χ0n) is 18.1. The van der Waals surface area contributed by atoms with E-state index in [2.05, 4.69) is 4.72 Å². The summed E-state index contributed by atoms with van der Waals surface area (Å²) in [5, 5.41) is -1.32. The molecule has 1 aliphatic heterocycles. The third kappa shape index (κ3) is 4.60. The van der Waals surface area contributed by atoms with E-state index in [0.29, 0.717) is 0 Å². The fourth-order valence-corrected chi connectivity index (χ4v) is 5.53. The standard InChI is InChI=1S/C21H27ClFNO6S/c1-6-28-18(25)14-12-21(29-19(2,3)20(4,5)30-21)10-9-17(14)31(26,27)24-16-8-7-13(23)11-15(16)22/h7-8,11-12,17,24H,6,9-10H2,1-5H3. The number of rotatable bonds is 5. The van der Waals surface area contributed by atoms with Crippen LogP contribution < -0.4 is 4.72 Å². The SMILES string of the molecule is CCOC(=O)C1=CC2(CCC1S(=O)(=O)Nc1ccc(F)cc1Cl)OC(C)(C)C(C)(C)O2. The summed E-state index contributed by atoms with van der Waals surface area (Å²) < 4.78 is 59.5. The molecule has 0 saturated carbocycles. The van der Waals surface area contributed by atoms with Crippen LogP contribution >= 0.6 is 11.6 Å². The minimum atomic E-state index is -4.13. The Balaban J connectivity index is 1.99. The Hall–Kier alpha value is -1.68. The van der Waals surface area contributed by atoms with Gasteiger partial charge in [0.2, 0.25) is 10.0 Å². The van der Waals surface area contributed by atoms with E-state index in [-0.39, 0.29) is 35.7 Å². The lowest BCUT2D eigenvalue weighted by atomic mass is 9.90. The third-order valence-electron chi connectivity index (χ3n) is 5.85. The van der Waals surface area contributed by atoms with E-state index in [0.717, 1.165) is 12.1 Å². The lowest BCUT2D eigenvalue weighted by Crippen LogP contribution is -2.43. The van der Waals surface area contributed by atoms with E-state index in [1.807, 2.05) is 27.7 Å². The lowest BCUT2D eigenvalue weighted by molar-refractivity contribution is -0.165. The van der Waals surface area contributed by atoms with Crippen LogP contribution in [-0.2, 0) is 29.0 Å². The van der Waals surface area contributed by atoms with Crippen molar-refractivity contribution in [2.24, 2.45) is 0 Å². The van der Waals surface area contributed by atoms with Crippen molar-refractivity contribution >= 4 is 33.3 Å². The molecule has 1 aliphatic carbocycles. The van der Waals surface area contributed by atoms with Crippen LogP contribution in [0.3, 0.4) is 0 Å². The molecule has 1 atom stereocenters. The maximum absolute atomic E-state index is 13.3. The average molecular weight is 476 g/mol. The number of esters is 1. The Morgan fingerprint density at radius 2 is 1.87 bits per heavy atom. The predicted molar refractivity (Wildman–Crippen MR) is 115 cm³/mol. The van der Waals surface area contributed by atoms with Gasteiger partial charge in [0.1, 0.15) is 11.1 Å². The Labute approximate surface area is 186 Å². The van der Waals surface area contributed by atoms with Gasteiger partial charge in [-0.1, -0.05) is 11.6 Å². The summed E-state index contributed by atoms with van der Waals surface area (Å²) in [6.07, 6.45) is 1.68. The van der Waals surface area contributed by atoms with Gasteiger partial charge in [0, 0.05) is 6.42 Å². The van der Waals surface area contributed by atoms with Gasteiger partial charge in [-0.3, -0.25) is 4.72 Å². The highest BCUT2D eigenvalue weighted by Gasteiger charge is 2.58. The van der Waals surface area contributed by atoms with E-state index in [9.17, 15) is 17.6 Å². The van der Waals surface area contributed by atoms with Crippen molar-refractivity contribution in [3.8, 4) is 0 Å². The summed E-state index contributed by atoms with van der Waals surface area (Å²) in [6, 6.07) is 3.31. The van der Waals surface area contributed by atoms with Crippen LogP contribution in [0.1, 0.15) is 47.5 Å². The first-order chi connectivity index (χ1) is 14.2. The summed E-state index contributed by atoms with van der Waals surface area (Å²) >= 11 is 5.97. The van der Waals surface area contributed by atoms with Crippen LogP contribution in [0.25, 0.3) is 0 Å². The highest BCUT2D eigenvalue weighted by molar-refractivity contribution is 7.93. The first-order valence-corrected chi connectivity index (χ1v) is 11.9. The summed E-state index contributed by atoms with van der Waals surface area (Å²) in [5.74, 6) is -2.61. The van der Waals surface area contributed by atoms with Crippen molar-refractivity contribution in [1.29, 1.82) is 0 Å². The van der Waals surface area contributed by atoms with Crippen LogP contribution in [0.4, 0.5) is 10.1 Å². The molecule has 10 heteroatoms. The van der Waals surface area contributed by atoms with Gasteiger partial charge >= 0.3 is 5.97 Å². The number of halogens is 2. The molecule has 1 N–H and O–H groups in total. The van der Waals surface area contributed by atoms with E-state index >= 15 is 0 Å². The molecule has 0 bridgehead atoms. The Morgan fingerprint density at radius 1 is 1.26 bits per heavy atom. The summed E-state index contributed by atoms with van der Waals surface area (Å²) in [7, 11) is -4.13. The number of nitrogens with one attached hydrogen (secondary N) is 1. The van der Waals surface area contributed by atoms with Gasteiger partial charge in [-0.2, -0.15) is 0 Å². The van der Waals surface area contributed by atoms with Gasteiger partial charge in [0.25, 0.3) is 0 Å². The molecular weight excluding hydrogens is 449 g/mol. The first kappa shape index (κ1) is 24.0. The van der Waals surface area contributed by atoms with Crippen LogP contribution in [0.15, 0.2) is 29.8 Å². The van der Waals surface area contributed by atoms with Crippen LogP contribution in [0, 0.1) is 5.82 Å². The maximum atomic E-state index is 13.3. The lowest BCUT2D eigenvalue weighted by Gasteiger charge is -2.34. The molecule has 1 spiro atoms. The molecule has 172 valence electrons. The zero-order chi connectivity index (χ0) is 23.2. The molecule has 1 unspecified atom stereocenters. The van der Waals surface area contributed by atoms with E-state index in [1.54, 1.807) is 6.92 Å². The number of hydrogen-bond acceptors (Lipinski definition) is 6. The quantitative estimate of drug-likeness (QED) is 0.642. The average Bonchev–Trinajstić information content (AvgIpc) is 2.80. The van der Waals surface area contributed by atoms with Crippen molar-refractivity contribution in [3.63, 3.8) is 0 Å². The number of anilines is 1. The molecule has 1 fully saturated rings. The highest BCUT2D eigenvalue weighted by Crippen LogP contribution is 2.49. The minimum Gasteiger partial charge on any atom is -0.463 e. The van der Waals surface area contributed by atoms with E-state index in [4.69, 9.17) is 25.8 Å². The molecule has 1 aromatic rings. The Morgan fingerprint density at radius 3 is 2.42 bits per heavy atom. The van der Waals surface area contributed by atoms with Gasteiger partial charge in [-0.25, -0.2) is 17.6 Å². The monoisotopic (exact) mass is 475 g/mol. The summed E-state index contributed by atoms with van der Waals surface area (Å²) in [4.78, 5) is 12.7. The van der Waals surface area contributed by atoms with Gasteiger partial charge in [-0.05, 0) is 65.3 Å². The number of carbonyl (C=O) groups is 1. The molecule has 1 heterocycles. The second-order valence-corrected chi connectivity index (χ2v) is 10.9. The number of sulfonamides is 1. The predicted octanol–water partition coefficient (Wildman–Crippen LogP) is 4.17. The molecule has 7 nitrogen and oxygen atoms in total. The van der Waals surface area contributed by atoms with Crippen LogP contribution in [0.2, 0.25) is 5.02 Å². The fourth-order valence-electron chi connectivity index (χ4n) is 3.70. The number of carbonyl (C=O) groups excluding carboxylic acids is 1. The summed E-state index contributed by atoms with van der Waals surface area (Å²) in [6.45, 7) is 9.21. The van der Waals surface area contributed by atoms with Crippen molar-refractivity contribution in [2.75, 3.05) is 11.3 Å². The minimum absolute atomic E-state index is 0.0159. The molecule has 0 radical (unpaired) electrons. The van der Waals surface area contributed by atoms with Gasteiger partial charge in [0.05, 0.1) is 34.1 Å². The second kappa shape index (κ2) is 8.03. The first-order valence-electron chi connectivity index (χ1n) is 9.99. The number of ether oxygens (including phenoxy) is 3. The van der Waals surface area contributed by atoms with Gasteiger partial charge in [-0.15, -0.1) is 0 Å². The molecule has 0 aromatic heterocycles. The van der Waals surface area contributed by atoms with E-state index < -0.39 is 44.0 Å². The van der Waals surface area contributed by atoms with Crippen LogP contribution in [-0.4, -0.2) is 43.2 Å². The largest absolute Gasteiger partial charge is 0.463 e. The Bertz CT molecular complexity index is 1000. The highest BCUT2D eigenvalue weighted by atomic mass is 35.5. The maximum Gasteiger partial charge on any atom is 0.335 e. The molecular formula is C21H27ClFNO6S.